The molecule has 2 N–H and O–H groups in total. The zero-order valence-corrected chi connectivity index (χ0v) is 27.3. The monoisotopic (exact) mass is 626 g/mol. The maximum atomic E-state index is 13.8. The predicted molar refractivity (Wildman–Crippen MR) is 176 cm³/mol. The van der Waals surface area contributed by atoms with Crippen molar-refractivity contribution in [1.29, 1.82) is 0 Å². The summed E-state index contributed by atoms with van der Waals surface area (Å²) < 4.78 is 12.4. The average molecular weight is 627 g/mol. The van der Waals surface area contributed by atoms with Gasteiger partial charge in [-0.3, -0.25) is 19.2 Å². The predicted octanol–water partition coefficient (Wildman–Crippen LogP) is 7.73. The molecule has 0 amide bonds. The average Bonchev–Trinajstić information content (AvgIpc) is 3.00. The minimum absolute atomic E-state index is 0.238. The van der Waals surface area contributed by atoms with Crippen LogP contribution in [0.2, 0.25) is 0 Å². The van der Waals surface area contributed by atoms with Gasteiger partial charge in [0.2, 0.25) is 0 Å². The molecule has 5 rings (SSSR count). The van der Waals surface area contributed by atoms with E-state index in [2.05, 4.69) is 41.5 Å². The van der Waals surface area contributed by atoms with Gasteiger partial charge in [-0.2, -0.15) is 0 Å². The molecular formula is C38H42O8. The first-order valence-corrected chi connectivity index (χ1v) is 15.8. The van der Waals surface area contributed by atoms with Crippen LogP contribution in [0.4, 0.5) is 0 Å². The highest BCUT2D eigenvalue weighted by Crippen LogP contribution is 2.46. The Hall–Kier alpha value is -4.46. The molecule has 0 heterocycles. The highest BCUT2D eigenvalue weighted by Gasteiger charge is 2.38. The van der Waals surface area contributed by atoms with E-state index in [-0.39, 0.29) is 48.0 Å². The summed E-state index contributed by atoms with van der Waals surface area (Å²) in [5, 5.41) is 21.8. The number of aliphatic carboxylic acids is 2. The fraction of sp³-hybridized carbons (Fsp3) is 0.421. The second-order valence-electron chi connectivity index (χ2n) is 14.5. The maximum absolute atomic E-state index is 13.8. The van der Waals surface area contributed by atoms with E-state index in [1.165, 1.54) is 0 Å². The van der Waals surface area contributed by atoms with Crippen molar-refractivity contribution in [1.82, 2.24) is 0 Å². The third-order valence-corrected chi connectivity index (χ3v) is 9.26. The van der Waals surface area contributed by atoms with Gasteiger partial charge in [-0.25, -0.2) is 0 Å². The summed E-state index contributed by atoms with van der Waals surface area (Å²) in [6.07, 6.45) is 8.15. The number of carboxylic acid groups (broad SMARTS) is 2. The smallest absolute Gasteiger partial charge is 0.315 e. The maximum Gasteiger partial charge on any atom is 0.315 e. The largest absolute Gasteiger partial charge is 0.481 e. The third-order valence-electron chi connectivity index (χ3n) is 9.26. The number of benzene rings is 3. The Morgan fingerprint density at radius 3 is 1.17 bits per heavy atom. The number of carbonyl (C=O) groups excluding carboxylic acids is 2. The van der Waals surface area contributed by atoms with Crippen LogP contribution < -0.4 is 9.47 Å². The lowest BCUT2D eigenvalue weighted by Crippen LogP contribution is -2.34. The van der Waals surface area contributed by atoms with E-state index >= 15 is 0 Å². The van der Waals surface area contributed by atoms with Gasteiger partial charge in [-0.05, 0) is 59.8 Å². The van der Waals surface area contributed by atoms with Gasteiger partial charge in [-0.1, -0.05) is 90.1 Å². The van der Waals surface area contributed by atoms with Crippen LogP contribution in [-0.2, 0) is 30.0 Å². The van der Waals surface area contributed by atoms with Gasteiger partial charge in [0.1, 0.15) is 11.5 Å². The van der Waals surface area contributed by atoms with E-state index < -0.39 is 47.5 Å². The number of fused-ring (bicyclic) bond motifs is 2. The van der Waals surface area contributed by atoms with Gasteiger partial charge < -0.3 is 19.7 Å². The number of carbonyl (C=O) groups is 4. The summed E-state index contributed by atoms with van der Waals surface area (Å²) in [6, 6.07) is 11.4. The molecule has 3 aromatic rings. The number of rotatable bonds is 6. The van der Waals surface area contributed by atoms with Crippen LogP contribution in [-0.4, -0.2) is 34.1 Å². The van der Waals surface area contributed by atoms with Gasteiger partial charge in [0, 0.05) is 21.5 Å². The van der Waals surface area contributed by atoms with Crippen molar-refractivity contribution in [3.05, 3.63) is 71.8 Å². The quantitative estimate of drug-likeness (QED) is 0.123. The Morgan fingerprint density at radius 2 is 0.870 bits per heavy atom. The number of ether oxygens (including phenoxy) is 2. The molecule has 2 aliphatic carbocycles. The fourth-order valence-corrected chi connectivity index (χ4v) is 6.35. The number of allylic oxidation sites excluding steroid dienone is 4. The molecule has 0 saturated heterocycles. The van der Waals surface area contributed by atoms with Crippen LogP contribution in [0.1, 0.15) is 78.4 Å². The van der Waals surface area contributed by atoms with Crippen LogP contribution in [0.25, 0.3) is 21.5 Å². The van der Waals surface area contributed by atoms with Crippen LogP contribution >= 0.6 is 0 Å². The number of hydrogen-bond donors (Lipinski definition) is 2. The Labute approximate surface area is 269 Å². The zero-order valence-electron chi connectivity index (χ0n) is 27.3. The summed E-state index contributed by atoms with van der Waals surface area (Å²) in [5.41, 5.74) is 1.35. The summed E-state index contributed by atoms with van der Waals surface area (Å²) in [6.45, 7) is 12.4. The lowest BCUT2D eigenvalue weighted by molar-refractivity contribution is -0.152. The first-order chi connectivity index (χ1) is 21.6. The van der Waals surface area contributed by atoms with Gasteiger partial charge in [0.15, 0.2) is 0 Å². The SMILES string of the molecule is CC(C)(C)c1ccc2c(OC(=O)C3CC=CCC3C(=O)O)c3cc(C(C)(C)C)ccc3c(OC(=O)C3CC=CCC3C(=O)O)c2c1. The molecule has 8 heteroatoms. The topological polar surface area (TPSA) is 127 Å². The van der Waals surface area contributed by atoms with E-state index in [1.54, 1.807) is 12.2 Å². The lowest BCUT2D eigenvalue weighted by Gasteiger charge is -2.27. The van der Waals surface area contributed by atoms with Crippen molar-refractivity contribution in [3.63, 3.8) is 0 Å². The molecule has 0 saturated carbocycles. The highest BCUT2D eigenvalue weighted by atomic mass is 16.5. The minimum Gasteiger partial charge on any atom is -0.481 e. The first kappa shape index (κ1) is 32.9. The summed E-state index contributed by atoms with van der Waals surface area (Å²) in [4.78, 5) is 51.6. The second kappa shape index (κ2) is 12.4. The molecule has 2 aliphatic rings. The molecule has 0 aliphatic heterocycles. The Bertz CT molecular complexity index is 1650. The van der Waals surface area contributed by atoms with Crippen LogP contribution in [0.5, 0.6) is 11.5 Å². The Balaban J connectivity index is 1.75. The van der Waals surface area contributed by atoms with Crippen LogP contribution in [0.3, 0.4) is 0 Å². The Morgan fingerprint density at radius 1 is 0.543 bits per heavy atom. The van der Waals surface area contributed by atoms with E-state index in [0.717, 1.165) is 11.1 Å². The van der Waals surface area contributed by atoms with Gasteiger partial charge in [-0.15, -0.1) is 0 Å². The Kier molecular flexibility index (Phi) is 8.86. The highest BCUT2D eigenvalue weighted by molar-refractivity contribution is 6.13. The van der Waals surface area contributed by atoms with E-state index in [9.17, 15) is 29.4 Å². The van der Waals surface area contributed by atoms with E-state index in [4.69, 9.17) is 9.47 Å². The molecule has 4 unspecified atom stereocenters. The fourth-order valence-electron chi connectivity index (χ4n) is 6.35. The molecule has 242 valence electrons. The normalized spacial score (nSPS) is 21.7. The number of esters is 2. The van der Waals surface area contributed by atoms with Crippen molar-refractivity contribution in [3.8, 4) is 11.5 Å². The van der Waals surface area contributed by atoms with Crippen molar-refractivity contribution < 1.29 is 38.9 Å². The summed E-state index contributed by atoms with van der Waals surface area (Å²) in [7, 11) is 0. The number of carboxylic acids is 2. The minimum atomic E-state index is -1.05. The molecular weight excluding hydrogens is 584 g/mol. The molecule has 8 nitrogen and oxygen atoms in total. The summed E-state index contributed by atoms with van der Waals surface area (Å²) in [5.74, 6) is -6.37. The van der Waals surface area contributed by atoms with Crippen LogP contribution in [0.15, 0.2) is 60.7 Å². The van der Waals surface area contributed by atoms with Gasteiger partial charge in [0.05, 0.1) is 23.7 Å². The van der Waals surface area contributed by atoms with Crippen molar-refractivity contribution in [2.75, 3.05) is 0 Å². The van der Waals surface area contributed by atoms with Gasteiger partial charge in [0.25, 0.3) is 0 Å². The number of hydrogen-bond acceptors (Lipinski definition) is 6. The second-order valence-corrected chi connectivity index (χ2v) is 14.5. The van der Waals surface area contributed by atoms with E-state index in [1.807, 2.05) is 48.6 Å². The molecule has 0 aromatic heterocycles. The molecule has 0 spiro atoms. The molecule has 0 fully saturated rings. The third kappa shape index (κ3) is 6.43. The van der Waals surface area contributed by atoms with Crippen molar-refractivity contribution in [2.24, 2.45) is 23.7 Å². The standard InChI is InChI=1S/C38H42O8/c1-37(2,3)21-15-17-23-29(19-21)31(45-35(43)27-13-9-7-11-25(27)33(39)40)24-18-16-22(38(4,5)6)20-30(24)32(23)46-36(44)28-14-10-8-12-26(28)34(41)42/h7-10,15-20,25-28H,11-14H2,1-6H3,(H,39,40)(H,41,42). The summed E-state index contributed by atoms with van der Waals surface area (Å²) >= 11 is 0. The van der Waals surface area contributed by atoms with Crippen LogP contribution in [0, 0.1) is 23.7 Å². The molecule has 3 aromatic carbocycles. The molecule has 4 atom stereocenters. The van der Waals surface area contributed by atoms with Gasteiger partial charge >= 0.3 is 23.9 Å². The van der Waals surface area contributed by atoms with Crippen molar-refractivity contribution in [2.45, 2.75) is 78.1 Å². The lowest BCUT2D eigenvalue weighted by atomic mass is 9.82. The van der Waals surface area contributed by atoms with Crippen molar-refractivity contribution >= 4 is 45.4 Å². The molecule has 0 radical (unpaired) electrons. The molecule has 46 heavy (non-hydrogen) atoms. The molecule has 0 bridgehead atoms. The zero-order chi connectivity index (χ0) is 33.6. The van der Waals surface area contributed by atoms with E-state index in [0.29, 0.717) is 21.5 Å². The first-order valence-electron chi connectivity index (χ1n) is 15.8.